The van der Waals surface area contributed by atoms with Crippen molar-refractivity contribution in [3.63, 3.8) is 0 Å². The lowest BCUT2D eigenvalue weighted by molar-refractivity contribution is 0.199. The van der Waals surface area contributed by atoms with E-state index >= 15 is 0 Å². The second kappa shape index (κ2) is 9.24. The summed E-state index contributed by atoms with van der Waals surface area (Å²) >= 11 is 0. The number of nitriles is 1. The highest BCUT2D eigenvalue weighted by molar-refractivity contribution is 7.90. The standard InChI is InChI=1S/C27H24FN5O2S/c1-33-16-25-23(26(33)27(34)31-21-9-11-24(28)20(14-21)15-29)10-8-22(32-36(25,30)35)13-17-6-7-18-4-2-3-5-19(18)12-17/h2-12,14,16,22,27,31,34H,13H2,1H3,(H2,30,32,35)/t22-,27?,36?/m1/s1. The molecule has 182 valence electrons. The maximum Gasteiger partial charge on any atom is 0.166 e. The van der Waals surface area contributed by atoms with E-state index in [0.717, 1.165) is 22.4 Å². The Labute approximate surface area is 208 Å². The molecule has 0 aliphatic carbocycles. The van der Waals surface area contributed by atoms with Crippen molar-refractivity contribution >= 4 is 32.5 Å². The highest BCUT2D eigenvalue weighted by atomic mass is 32.2. The number of benzene rings is 3. The third-order valence-corrected chi connectivity index (χ3v) is 7.85. The topological polar surface area (TPSA) is 114 Å². The molecule has 0 amide bonds. The van der Waals surface area contributed by atoms with Crippen LogP contribution in [-0.2, 0) is 23.4 Å². The van der Waals surface area contributed by atoms with E-state index in [-0.39, 0.29) is 16.5 Å². The van der Waals surface area contributed by atoms with E-state index in [2.05, 4.69) is 16.1 Å². The van der Waals surface area contributed by atoms with E-state index in [0.29, 0.717) is 23.4 Å². The molecule has 9 heteroatoms. The fourth-order valence-electron chi connectivity index (χ4n) is 4.55. The first-order valence-corrected chi connectivity index (χ1v) is 12.9. The van der Waals surface area contributed by atoms with Crippen LogP contribution in [0.4, 0.5) is 10.1 Å². The number of fused-ring (bicyclic) bond motifs is 2. The maximum atomic E-state index is 13.7. The summed E-state index contributed by atoms with van der Waals surface area (Å²) in [6.07, 6.45) is 4.49. The number of aryl methyl sites for hydroxylation is 1. The Morgan fingerprint density at radius 3 is 2.78 bits per heavy atom. The van der Waals surface area contributed by atoms with Gasteiger partial charge in [0.05, 0.1) is 16.2 Å². The lowest BCUT2D eigenvalue weighted by Gasteiger charge is -2.17. The van der Waals surface area contributed by atoms with Crippen LogP contribution in [0, 0.1) is 21.9 Å². The molecule has 1 aliphatic rings. The molecule has 7 nitrogen and oxygen atoms in total. The maximum absolute atomic E-state index is 13.7. The van der Waals surface area contributed by atoms with Crippen LogP contribution in [0.3, 0.4) is 0 Å². The van der Waals surface area contributed by atoms with Crippen molar-refractivity contribution in [2.24, 2.45) is 7.05 Å². The van der Waals surface area contributed by atoms with Gasteiger partial charge in [0.15, 0.2) is 6.23 Å². The van der Waals surface area contributed by atoms with E-state index < -0.39 is 22.0 Å². The van der Waals surface area contributed by atoms with E-state index in [9.17, 15) is 13.7 Å². The number of aliphatic hydroxyl groups excluding tert-OH is 1. The number of hydrogen-bond donors (Lipinski definition) is 4. The van der Waals surface area contributed by atoms with Gasteiger partial charge in [0.1, 0.15) is 21.8 Å². The molecule has 4 aromatic rings. The van der Waals surface area contributed by atoms with Crippen LogP contribution in [0.25, 0.3) is 16.8 Å². The van der Waals surface area contributed by atoms with Gasteiger partial charge >= 0.3 is 0 Å². The summed E-state index contributed by atoms with van der Waals surface area (Å²) in [6, 6.07) is 19.5. The lowest BCUT2D eigenvalue weighted by Crippen LogP contribution is -2.33. The van der Waals surface area contributed by atoms with E-state index in [1.807, 2.05) is 42.5 Å². The van der Waals surface area contributed by atoms with Gasteiger partial charge in [-0.3, -0.25) is 0 Å². The highest BCUT2D eigenvalue weighted by Gasteiger charge is 2.28. The van der Waals surface area contributed by atoms with Crippen LogP contribution in [0.2, 0.25) is 0 Å². The Kier molecular flexibility index (Phi) is 6.10. The molecule has 2 unspecified atom stereocenters. The largest absolute Gasteiger partial charge is 0.368 e. The highest BCUT2D eigenvalue weighted by Crippen LogP contribution is 2.32. The first-order valence-electron chi connectivity index (χ1n) is 11.3. The van der Waals surface area contributed by atoms with Gasteiger partial charge in [0.25, 0.3) is 0 Å². The van der Waals surface area contributed by atoms with Gasteiger partial charge in [-0.05, 0) is 41.0 Å². The quantitative estimate of drug-likeness (QED) is 0.293. The summed E-state index contributed by atoms with van der Waals surface area (Å²) in [5.74, 6) is -0.648. The molecule has 5 rings (SSSR count). The number of nitrogens with one attached hydrogen (secondary N) is 3. The molecular formula is C27H24FN5O2S. The molecule has 4 N–H and O–H groups in total. The molecule has 36 heavy (non-hydrogen) atoms. The Hall–Kier alpha value is -3.97. The number of nitrogens with zero attached hydrogens (tertiary/aromatic N) is 2. The summed E-state index contributed by atoms with van der Waals surface area (Å²) in [4.78, 5) is 0.273. The second-order valence-electron chi connectivity index (χ2n) is 8.78. The summed E-state index contributed by atoms with van der Waals surface area (Å²) in [5.41, 5.74) is 2.13. The van der Waals surface area contributed by atoms with Gasteiger partial charge in [-0.25, -0.2) is 18.1 Å². The zero-order valence-corrected chi connectivity index (χ0v) is 20.2. The molecule has 0 saturated heterocycles. The summed E-state index contributed by atoms with van der Waals surface area (Å²) < 4.78 is 40.3. The number of anilines is 1. The van der Waals surface area contributed by atoms with Gasteiger partial charge < -0.3 is 15.0 Å². The minimum absolute atomic E-state index is 0.146. The van der Waals surface area contributed by atoms with Gasteiger partial charge in [-0.1, -0.05) is 54.6 Å². The molecule has 3 aromatic carbocycles. The van der Waals surface area contributed by atoms with E-state index in [1.54, 1.807) is 30.0 Å². The smallest absolute Gasteiger partial charge is 0.166 e. The predicted molar refractivity (Wildman–Crippen MR) is 138 cm³/mol. The van der Waals surface area contributed by atoms with Crippen molar-refractivity contribution in [2.45, 2.75) is 23.6 Å². The molecule has 0 radical (unpaired) electrons. The molecule has 1 aliphatic heterocycles. The lowest BCUT2D eigenvalue weighted by atomic mass is 10.0. The number of rotatable bonds is 5. The fraction of sp³-hybridized carbons (Fsp3) is 0.148. The molecule has 0 fully saturated rings. The SMILES string of the molecule is Cn1cc2c(c1C(O)Nc1ccc(F)c(C#N)c1)C=C[C@H](Cc1ccc3ccccc3c1)NS2(=N)=O. The first kappa shape index (κ1) is 23.8. The Bertz CT molecular complexity index is 1650. The number of aliphatic hydroxyl groups is 1. The average Bonchev–Trinajstić information content (AvgIpc) is 3.14. The summed E-state index contributed by atoms with van der Waals surface area (Å²) in [6.45, 7) is 0. The molecule has 0 spiro atoms. The minimum Gasteiger partial charge on any atom is -0.368 e. The Morgan fingerprint density at radius 2 is 2.00 bits per heavy atom. The zero-order valence-electron chi connectivity index (χ0n) is 19.4. The van der Waals surface area contributed by atoms with Crippen molar-refractivity contribution in [1.82, 2.24) is 9.29 Å². The van der Waals surface area contributed by atoms with Crippen molar-refractivity contribution in [3.05, 3.63) is 101 Å². The van der Waals surface area contributed by atoms with Crippen LogP contribution in [-0.4, -0.2) is 19.9 Å². The number of aromatic nitrogens is 1. The molecule has 3 atom stereocenters. The normalized spacial score (nSPS) is 19.9. The first-order chi connectivity index (χ1) is 17.2. The summed E-state index contributed by atoms with van der Waals surface area (Å²) in [5, 5.41) is 25.2. The zero-order chi connectivity index (χ0) is 25.4. The Morgan fingerprint density at radius 1 is 1.22 bits per heavy atom. The number of halogens is 1. The third kappa shape index (κ3) is 4.50. The molecule has 2 heterocycles. The van der Waals surface area contributed by atoms with E-state index in [1.165, 1.54) is 12.1 Å². The molecular weight excluding hydrogens is 477 g/mol. The van der Waals surface area contributed by atoms with E-state index in [4.69, 9.17) is 10.0 Å². The monoisotopic (exact) mass is 501 g/mol. The summed E-state index contributed by atoms with van der Waals surface area (Å²) in [7, 11) is -1.69. The van der Waals surface area contributed by atoms with Gasteiger partial charge in [-0.15, -0.1) is 0 Å². The van der Waals surface area contributed by atoms with Crippen LogP contribution < -0.4 is 10.0 Å². The molecule has 1 aromatic heterocycles. The van der Waals surface area contributed by atoms with Crippen LogP contribution >= 0.6 is 0 Å². The van der Waals surface area contributed by atoms with Crippen LogP contribution in [0.15, 0.2) is 77.8 Å². The Balaban J connectivity index is 1.45. The van der Waals surface area contributed by atoms with Crippen molar-refractivity contribution in [3.8, 4) is 6.07 Å². The second-order valence-corrected chi connectivity index (χ2v) is 10.6. The van der Waals surface area contributed by atoms with Crippen LogP contribution in [0.1, 0.15) is 28.6 Å². The van der Waals surface area contributed by atoms with Gasteiger partial charge in [0.2, 0.25) is 0 Å². The fourth-order valence-corrected chi connectivity index (χ4v) is 6.06. The minimum atomic E-state index is -3.38. The van der Waals surface area contributed by atoms with Crippen molar-refractivity contribution in [1.29, 1.82) is 10.0 Å². The van der Waals surface area contributed by atoms with Crippen molar-refractivity contribution < 1.29 is 13.7 Å². The van der Waals surface area contributed by atoms with Gasteiger partial charge in [0, 0.05) is 30.5 Å². The predicted octanol–water partition coefficient (Wildman–Crippen LogP) is 4.84. The van der Waals surface area contributed by atoms with Crippen LogP contribution in [0.5, 0.6) is 0 Å². The number of hydrogen-bond acceptors (Lipinski definition) is 5. The average molecular weight is 502 g/mol. The molecule has 0 bridgehead atoms. The van der Waals surface area contributed by atoms with Crippen molar-refractivity contribution in [2.75, 3.05) is 5.32 Å². The molecule has 0 saturated carbocycles. The third-order valence-electron chi connectivity index (χ3n) is 6.27. The van der Waals surface area contributed by atoms with Gasteiger partial charge in [-0.2, -0.15) is 5.26 Å².